The molecule has 0 amide bonds. The van der Waals surface area contributed by atoms with Gasteiger partial charge in [0.15, 0.2) is 0 Å². The van der Waals surface area contributed by atoms with E-state index in [9.17, 15) is 4.79 Å². The number of piperidine rings is 1. The van der Waals surface area contributed by atoms with E-state index < -0.39 is 5.60 Å². The van der Waals surface area contributed by atoms with Crippen LogP contribution in [-0.4, -0.2) is 38.7 Å². The standard InChI is InChI=1S/C26H28N4O2/c1-26(24-11-6-14-29(24)22-9-4-2-7-19(22)17-32-26)18-28-15-12-20(13-16-28)30-23-10-5-3-8-21(23)27-25(30)31/h2-11,14,20H,12-13,15-18H2,1H3,(H,27,31)/t26-/m1/s1. The van der Waals surface area contributed by atoms with Crippen molar-refractivity contribution < 1.29 is 4.74 Å². The Kier molecular flexibility index (Phi) is 4.59. The number of likely N-dealkylation sites (tertiary alicyclic amines) is 1. The fraction of sp³-hybridized carbons (Fsp3) is 0.346. The molecule has 0 radical (unpaired) electrons. The Morgan fingerprint density at radius 1 is 1.03 bits per heavy atom. The highest BCUT2D eigenvalue weighted by Gasteiger charge is 2.37. The smallest absolute Gasteiger partial charge is 0.326 e. The van der Waals surface area contributed by atoms with Crippen LogP contribution in [0.2, 0.25) is 0 Å². The number of fused-ring (bicyclic) bond motifs is 4. The molecule has 32 heavy (non-hydrogen) atoms. The molecule has 0 saturated carbocycles. The Bertz CT molecular complexity index is 1320. The van der Waals surface area contributed by atoms with E-state index in [1.54, 1.807) is 0 Å². The van der Waals surface area contributed by atoms with Gasteiger partial charge in [-0.1, -0.05) is 30.3 Å². The molecular formula is C26H28N4O2. The topological polar surface area (TPSA) is 55.2 Å². The summed E-state index contributed by atoms with van der Waals surface area (Å²) in [4.78, 5) is 18.1. The van der Waals surface area contributed by atoms with Gasteiger partial charge in [0.2, 0.25) is 0 Å². The van der Waals surface area contributed by atoms with Gasteiger partial charge < -0.3 is 14.3 Å². The molecule has 2 aliphatic heterocycles. The SMILES string of the molecule is C[C@]1(CN2CCC(n3c(=O)[nH]c4ccccc43)CC2)OCc2ccccc2-n2cccc21. The number of hydrogen-bond donors (Lipinski definition) is 1. The first-order valence-electron chi connectivity index (χ1n) is 11.4. The van der Waals surface area contributed by atoms with Crippen LogP contribution in [0.1, 0.15) is 37.1 Å². The van der Waals surface area contributed by atoms with Gasteiger partial charge >= 0.3 is 5.69 Å². The van der Waals surface area contributed by atoms with E-state index in [-0.39, 0.29) is 11.7 Å². The van der Waals surface area contributed by atoms with Gasteiger partial charge in [0.25, 0.3) is 0 Å². The first-order chi connectivity index (χ1) is 15.6. The molecule has 2 aromatic heterocycles. The monoisotopic (exact) mass is 428 g/mol. The fourth-order valence-electron chi connectivity index (χ4n) is 5.53. The van der Waals surface area contributed by atoms with E-state index in [0.717, 1.165) is 43.5 Å². The predicted molar refractivity (Wildman–Crippen MR) is 125 cm³/mol. The molecule has 2 aromatic carbocycles. The second-order valence-electron chi connectivity index (χ2n) is 9.24. The molecule has 4 aromatic rings. The van der Waals surface area contributed by atoms with Gasteiger partial charge in [-0.3, -0.25) is 9.47 Å². The van der Waals surface area contributed by atoms with E-state index >= 15 is 0 Å². The third kappa shape index (κ3) is 3.14. The van der Waals surface area contributed by atoms with E-state index in [2.05, 4.69) is 64.0 Å². The molecule has 0 bridgehead atoms. The lowest BCUT2D eigenvalue weighted by molar-refractivity contribution is -0.0734. The predicted octanol–water partition coefficient (Wildman–Crippen LogP) is 4.20. The summed E-state index contributed by atoms with van der Waals surface area (Å²) in [6.45, 7) is 5.55. The molecule has 6 rings (SSSR count). The highest BCUT2D eigenvalue weighted by Crippen LogP contribution is 2.36. The number of benzene rings is 2. The minimum atomic E-state index is -0.396. The van der Waals surface area contributed by atoms with Crippen molar-refractivity contribution in [2.24, 2.45) is 0 Å². The van der Waals surface area contributed by atoms with Crippen molar-refractivity contribution in [3.8, 4) is 5.69 Å². The van der Waals surface area contributed by atoms with Crippen LogP contribution in [0, 0.1) is 0 Å². The van der Waals surface area contributed by atoms with Gasteiger partial charge in [-0.15, -0.1) is 0 Å². The molecule has 1 atom stereocenters. The normalized spacial score (nSPS) is 21.9. The number of nitrogens with zero attached hydrogens (tertiary/aromatic N) is 3. The molecule has 164 valence electrons. The van der Waals surface area contributed by atoms with Gasteiger partial charge in [-0.2, -0.15) is 0 Å². The van der Waals surface area contributed by atoms with Crippen molar-refractivity contribution in [1.29, 1.82) is 0 Å². The summed E-state index contributed by atoms with van der Waals surface area (Å²) in [7, 11) is 0. The highest BCUT2D eigenvalue weighted by atomic mass is 16.5. The quantitative estimate of drug-likeness (QED) is 0.532. The molecule has 0 spiro atoms. The molecule has 1 fully saturated rings. The average Bonchev–Trinajstić information content (AvgIpc) is 3.41. The molecule has 1 saturated heterocycles. The van der Waals surface area contributed by atoms with Crippen LogP contribution in [0.15, 0.2) is 71.7 Å². The molecule has 6 nitrogen and oxygen atoms in total. The lowest BCUT2D eigenvalue weighted by atomic mass is 9.98. The summed E-state index contributed by atoms with van der Waals surface area (Å²) in [5.41, 5.74) is 5.13. The van der Waals surface area contributed by atoms with Gasteiger partial charge in [0, 0.05) is 37.4 Å². The van der Waals surface area contributed by atoms with E-state index in [4.69, 9.17) is 4.74 Å². The van der Waals surface area contributed by atoms with Crippen LogP contribution >= 0.6 is 0 Å². The number of H-pyrrole nitrogens is 1. The zero-order chi connectivity index (χ0) is 21.7. The summed E-state index contributed by atoms with van der Waals surface area (Å²) >= 11 is 0. The Labute approximate surface area is 187 Å². The maximum Gasteiger partial charge on any atom is 0.326 e. The number of ether oxygens (including phenoxy) is 1. The number of hydrogen-bond acceptors (Lipinski definition) is 3. The summed E-state index contributed by atoms with van der Waals surface area (Å²) < 4.78 is 10.8. The van der Waals surface area contributed by atoms with Crippen LogP contribution < -0.4 is 5.69 Å². The first kappa shape index (κ1) is 19.6. The summed E-state index contributed by atoms with van der Waals surface area (Å²) in [5, 5.41) is 0. The maximum atomic E-state index is 12.6. The second-order valence-corrected chi connectivity index (χ2v) is 9.24. The third-order valence-electron chi connectivity index (χ3n) is 7.16. The molecule has 2 aliphatic rings. The molecule has 1 N–H and O–H groups in total. The number of para-hydroxylation sites is 3. The number of aromatic amines is 1. The van der Waals surface area contributed by atoms with Crippen LogP contribution in [0.5, 0.6) is 0 Å². The fourth-order valence-corrected chi connectivity index (χ4v) is 5.53. The van der Waals surface area contributed by atoms with Gasteiger partial charge in [-0.05, 0) is 50.1 Å². The largest absolute Gasteiger partial charge is 0.363 e. The zero-order valence-electron chi connectivity index (χ0n) is 18.3. The molecule has 0 aliphatic carbocycles. The van der Waals surface area contributed by atoms with Crippen LogP contribution in [0.4, 0.5) is 0 Å². The number of imidazole rings is 1. The highest BCUT2D eigenvalue weighted by molar-refractivity contribution is 5.75. The van der Waals surface area contributed by atoms with Crippen LogP contribution in [0.3, 0.4) is 0 Å². The van der Waals surface area contributed by atoms with Crippen molar-refractivity contribution in [2.45, 2.75) is 38.0 Å². The molecular weight excluding hydrogens is 400 g/mol. The minimum Gasteiger partial charge on any atom is -0.363 e. The first-order valence-corrected chi connectivity index (χ1v) is 11.4. The van der Waals surface area contributed by atoms with Crippen molar-refractivity contribution in [2.75, 3.05) is 19.6 Å². The summed E-state index contributed by atoms with van der Waals surface area (Å²) in [6.07, 6.45) is 4.05. The number of nitrogens with one attached hydrogen (secondary N) is 1. The van der Waals surface area contributed by atoms with E-state index in [1.165, 1.54) is 16.9 Å². The van der Waals surface area contributed by atoms with E-state index in [0.29, 0.717) is 6.61 Å². The lowest BCUT2D eigenvalue weighted by Crippen LogP contribution is -2.45. The molecule has 6 heteroatoms. The maximum absolute atomic E-state index is 12.6. The zero-order valence-corrected chi connectivity index (χ0v) is 18.3. The Hall–Kier alpha value is -3.09. The Balaban J connectivity index is 1.22. The third-order valence-corrected chi connectivity index (χ3v) is 7.16. The summed E-state index contributed by atoms with van der Waals surface area (Å²) in [5.74, 6) is 0. The van der Waals surface area contributed by atoms with Gasteiger partial charge in [0.1, 0.15) is 5.60 Å². The van der Waals surface area contributed by atoms with Gasteiger partial charge in [-0.25, -0.2) is 4.79 Å². The van der Waals surface area contributed by atoms with Gasteiger partial charge in [0.05, 0.1) is 29.0 Å². The number of aromatic nitrogens is 3. The van der Waals surface area contributed by atoms with Crippen LogP contribution in [0.25, 0.3) is 16.7 Å². The van der Waals surface area contributed by atoms with E-state index in [1.807, 2.05) is 28.8 Å². The summed E-state index contributed by atoms with van der Waals surface area (Å²) in [6, 6.07) is 21.0. The van der Waals surface area contributed by atoms with Crippen LogP contribution in [-0.2, 0) is 16.9 Å². The minimum absolute atomic E-state index is 0.000643. The van der Waals surface area contributed by atoms with Crippen molar-refractivity contribution in [3.63, 3.8) is 0 Å². The Morgan fingerprint density at radius 3 is 2.69 bits per heavy atom. The molecule has 0 unspecified atom stereocenters. The second kappa shape index (κ2) is 7.50. The lowest BCUT2D eigenvalue weighted by Gasteiger charge is -2.39. The molecule has 4 heterocycles. The Morgan fingerprint density at radius 2 is 1.81 bits per heavy atom. The van der Waals surface area contributed by atoms with Crippen molar-refractivity contribution in [1.82, 2.24) is 19.0 Å². The van der Waals surface area contributed by atoms with Crippen molar-refractivity contribution in [3.05, 3.63) is 88.6 Å². The number of rotatable bonds is 3. The van der Waals surface area contributed by atoms with Crippen molar-refractivity contribution >= 4 is 11.0 Å². The average molecular weight is 429 g/mol.